The van der Waals surface area contributed by atoms with E-state index in [0.717, 1.165) is 6.42 Å². The van der Waals surface area contributed by atoms with Crippen LogP contribution in [0.5, 0.6) is 0 Å². The lowest BCUT2D eigenvalue weighted by Crippen LogP contribution is -2.45. The van der Waals surface area contributed by atoms with Crippen LogP contribution in [0.2, 0.25) is 10.0 Å². The Bertz CT molecular complexity index is 1050. The zero-order valence-electron chi connectivity index (χ0n) is 16.7. The Balaban J connectivity index is 1.59. The fourth-order valence-corrected chi connectivity index (χ4v) is 5.54. The largest absolute Gasteiger partial charge is 0.338 e. The molecule has 6 nitrogen and oxygen atoms in total. The predicted molar refractivity (Wildman–Crippen MR) is 119 cm³/mol. The Morgan fingerprint density at radius 2 is 2.00 bits per heavy atom. The van der Waals surface area contributed by atoms with Crippen LogP contribution in [-0.4, -0.2) is 44.4 Å². The highest BCUT2D eigenvalue weighted by molar-refractivity contribution is 7.89. The number of sulfonamides is 1. The van der Waals surface area contributed by atoms with Crippen molar-refractivity contribution in [2.45, 2.75) is 42.7 Å². The van der Waals surface area contributed by atoms with E-state index in [-0.39, 0.29) is 52.1 Å². The molecule has 1 aliphatic rings. The van der Waals surface area contributed by atoms with Gasteiger partial charge in [0.2, 0.25) is 15.9 Å². The van der Waals surface area contributed by atoms with Crippen LogP contribution < -0.4 is 10.5 Å². The third kappa shape index (κ3) is 6.17. The van der Waals surface area contributed by atoms with Crippen LogP contribution >= 0.6 is 23.2 Å². The number of likely N-dealkylation sites (tertiary alicyclic amines) is 1. The van der Waals surface area contributed by atoms with Crippen molar-refractivity contribution in [2.75, 3.05) is 13.1 Å². The molecule has 10 heteroatoms. The number of nitrogens with zero attached hydrogens (tertiary/aromatic N) is 1. The molecule has 1 fully saturated rings. The molecule has 1 heterocycles. The van der Waals surface area contributed by atoms with Gasteiger partial charge < -0.3 is 10.6 Å². The highest BCUT2D eigenvalue weighted by atomic mass is 35.5. The third-order valence-electron chi connectivity index (χ3n) is 5.27. The maximum atomic E-state index is 13.8. The van der Waals surface area contributed by atoms with E-state index in [1.54, 1.807) is 23.1 Å². The van der Waals surface area contributed by atoms with Crippen molar-refractivity contribution in [1.29, 1.82) is 0 Å². The molecule has 0 aromatic heterocycles. The highest BCUT2D eigenvalue weighted by Crippen LogP contribution is 2.25. The Morgan fingerprint density at radius 3 is 2.74 bits per heavy atom. The molecule has 0 aliphatic carbocycles. The summed E-state index contributed by atoms with van der Waals surface area (Å²) in [6, 6.07) is 9.71. The van der Waals surface area contributed by atoms with Crippen molar-refractivity contribution in [3.05, 3.63) is 63.9 Å². The summed E-state index contributed by atoms with van der Waals surface area (Å²) >= 11 is 11.9. The minimum atomic E-state index is -3.89. The first-order valence-corrected chi connectivity index (χ1v) is 12.1. The Hall–Kier alpha value is -1.71. The molecular formula is C21H24Cl2FN3O3S. The first-order chi connectivity index (χ1) is 14.7. The van der Waals surface area contributed by atoms with Crippen molar-refractivity contribution in [1.82, 2.24) is 9.62 Å². The summed E-state index contributed by atoms with van der Waals surface area (Å²) in [7, 11) is -3.89. The number of nitrogens with one attached hydrogen (secondary N) is 1. The summed E-state index contributed by atoms with van der Waals surface area (Å²) in [6.07, 6.45) is 1.73. The summed E-state index contributed by atoms with van der Waals surface area (Å²) in [6.45, 7) is 0.578. The molecule has 1 aliphatic heterocycles. The number of carbonyl (C=O) groups excluding carboxylic acids is 1. The van der Waals surface area contributed by atoms with Crippen LogP contribution in [-0.2, 0) is 21.2 Å². The van der Waals surface area contributed by atoms with E-state index in [1.807, 2.05) is 0 Å². The number of halogens is 3. The van der Waals surface area contributed by atoms with E-state index in [9.17, 15) is 17.6 Å². The van der Waals surface area contributed by atoms with E-state index in [1.165, 1.54) is 24.3 Å². The standard InChI is InChI=1S/C21H24Cl2FN3O3S/c22-15-7-8-18(23)20(11-15)31(29,30)26-13-17-5-3-9-27(17)21(28)12-16(25)10-14-4-1-2-6-19(14)24/h1-2,4,6-8,11,16-17,26H,3,5,9-10,12-13,25H2/t16?,17-/m0/s1. The molecule has 168 valence electrons. The highest BCUT2D eigenvalue weighted by Gasteiger charge is 2.31. The molecular weight excluding hydrogens is 464 g/mol. The number of nitrogens with two attached hydrogens (primary N) is 1. The summed E-state index contributed by atoms with van der Waals surface area (Å²) in [4.78, 5) is 14.3. The predicted octanol–water partition coefficient (Wildman–Crippen LogP) is 3.36. The number of carbonyl (C=O) groups is 1. The van der Waals surface area contributed by atoms with Crippen molar-refractivity contribution < 1.29 is 17.6 Å². The molecule has 0 spiro atoms. The van der Waals surface area contributed by atoms with Gasteiger partial charge >= 0.3 is 0 Å². The van der Waals surface area contributed by atoms with E-state index in [4.69, 9.17) is 28.9 Å². The van der Waals surface area contributed by atoms with Crippen LogP contribution in [0.1, 0.15) is 24.8 Å². The van der Waals surface area contributed by atoms with Crippen LogP contribution in [0.4, 0.5) is 4.39 Å². The number of hydrogen-bond acceptors (Lipinski definition) is 4. The van der Waals surface area contributed by atoms with E-state index >= 15 is 0 Å². The molecule has 3 rings (SSSR count). The first-order valence-electron chi connectivity index (χ1n) is 9.90. The maximum Gasteiger partial charge on any atom is 0.242 e. The Labute approximate surface area is 191 Å². The van der Waals surface area contributed by atoms with E-state index < -0.39 is 16.1 Å². The van der Waals surface area contributed by atoms with E-state index in [0.29, 0.717) is 18.5 Å². The lowest BCUT2D eigenvalue weighted by Gasteiger charge is -2.26. The molecule has 1 unspecified atom stereocenters. The van der Waals surface area contributed by atoms with E-state index in [2.05, 4.69) is 4.72 Å². The summed E-state index contributed by atoms with van der Waals surface area (Å²) in [5, 5.41) is 0.321. The van der Waals surface area contributed by atoms with Crippen LogP contribution in [0.25, 0.3) is 0 Å². The van der Waals surface area contributed by atoms with Crippen LogP contribution in [0, 0.1) is 5.82 Å². The molecule has 1 amide bonds. The monoisotopic (exact) mass is 487 g/mol. The van der Waals surface area contributed by atoms with Gasteiger partial charge in [-0.05, 0) is 49.1 Å². The average molecular weight is 488 g/mol. The molecule has 0 bridgehead atoms. The van der Waals surface area contributed by atoms with Gasteiger partial charge in [-0.3, -0.25) is 4.79 Å². The van der Waals surface area contributed by atoms with Crippen molar-refractivity contribution in [3.63, 3.8) is 0 Å². The quantitative estimate of drug-likeness (QED) is 0.596. The third-order valence-corrected chi connectivity index (χ3v) is 7.41. The number of benzene rings is 2. The molecule has 2 aromatic rings. The molecule has 0 radical (unpaired) electrons. The zero-order valence-corrected chi connectivity index (χ0v) is 19.1. The topological polar surface area (TPSA) is 92.5 Å². The molecule has 0 saturated carbocycles. The summed E-state index contributed by atoms with van der Waals surface area (Å²) < 4.78 is 41.6. The average Bonchev–Trinajstić information content (AvgIpc) is 3.19. The van der Waals surface area contributed by atoms with Gasteiger partial charge in [-0.2, -0.15) is 0 Å². The SMILES string of the molecule is NC(CC(=O)N1CCC[C@H]1CNS(=O)(=O)c1cc(Cl)ccc1Cl)Cc1ccccc1F. The molecule has 3 N–H and O–H groups in total. The van der Waals surface area contributed by atoms with Gasteiger partial charge in [0.1, 0.15) is 10.7 Å². The first kappa shape index (κ1) is 23.9. The number of rotatable bonds is 8. The van der Waals surface area contributed by atoms with Gasteiger partial charge in [-0.25, -0.2) is 17.5 Å². The second-order valence-corrected chi connectivity index (χ2v) is 10.1. The lowest BCUT2D eigenvalue weighted by atomic mass is 10.0. The van der Waals surface area contributed by atoms with Gasteiger partial charge in [0.15, 0.2) is 0 Å². The normalized spacial score (nSPS) is 17.7. The Morgan fingerprint density at radius 1 is 1.26 bits per heavy atom. The fourth-order valence-electron chi connectivity index (χ4n) is 3.70. The minimum Gasteiger partial charge on any atom is -0.338 e. The minimum absolute atomic E-state index is 0.0533. The molecule has 2 atom stereocenters. The molecule has 31 heavy (non-hydrogen) atoms. The fraction of sp³-hybridized carbons (Fsp3) is 0.381. The molecule has 1 saturated heterocycles. The Kier molecular flexibility index (Phi) is 7.93. The number of hydrogen-bond donors (Lipinski definition) is 2. The second-order valence-electron chi connectivity index (χ2n) is 7.57. The second kappa shape index (κ2) is 10.3. The summed E-state index contributed by atoms with van der Waals surface area (Å²) in [5.74, 6) is -0.523. The maximum absolute atomic E-state index is 13.8. The molecule has 2 aromatic carbocycles. The van der Waals surface area contributed by atoms with Crippen LogP contribution in [0.15, 0.2) is 47.4 Å². The zero-order chi connectivity index (χ0) is 22.6. The summed E-state index contributed by atoms with van der Waals surface area (Å²) in [5.41, 5.74) is 6.55. The van der Waals surface area contributed by atoms with Gasteiger partial charge in [0.25, 0.3) is 0 Å². The lowest BCUT2D eigenvalue weighted by molar-refractivity contribution is -0.132. The van der Waals surface area contributed by atoms with Gasteiger partial charge in [0.05, 0.1) is 5.02 Å². The van der Waals surface area contributed by atoms with Gasteiger partial charge in [-0.15, -0.1) is 0 Å². The van der Waals surface area contributed by atoms with Gasteiger partial charge in [0, 0.05) is 36.6 Å². The van der Waals surface area contributed by atoms with Crippen molar-refractivity contribution >= 4 is 39.1 Å². The number of amides is 1. The van der Waals surface area contributed by atoms with Crippen LogP contribution in [0.3, 0.4) is 0 Å². The van der Waals surface area contributed by atoms with Gasteiger partial charge in [-0.1, -0.05) is 41.4 Å². The van der Waals surface area contributed by atoms with Crippen molar-refractivity contribution in [2.24, 2.45) is 5.73 Å². The van der Waals surface area contributed by atoms with Crippen molar-refractivity contribution in [3.8, 4) is 0 Å². The smallest absolute Gasteiger partial charge is 0.242 e.